The summed E-state index contributed by atoms with van der Waals surface area (Å²) in [4.78, 5) is 25.4. The number of rotatable bonds is 6. The van der Waals surface area contributed by atoms with Gasteiger partial charge < -0.3 is 15.2 Å². The molecular formula is C19H28N2O4. The summed E-state index contributed by atoms with van der Waals surface area (Å²) >= 11 is 0. The van der Waals surface area contributed by atoms with Crippen LogP contribution in [0.2, 0.25) is 0 Å². The third kappa shape index (κ3) is 4.12. The third-order valence-corrected chi connectivity index (χ3v) is 4.57. The maximum atomic E-state index is 12.4. The minimum Gasteiger partial charge on any atom is -0.491 e. The van der Waals surface area contributed by atoms with Crippen LogP contribution in [-0.2, 0) is 10.2 Å². The van der Waals surface area contributed by atoms with Gasteiger partial charge in [-0.05, 0) is 30.4 Å². The van der Waals surface area contributed by atoms with Crippen molar-refractivity contribution in [2.45, 2.75) is 58.1 Å². The molecule has 1 saturated heterocycles. The number of benzene rings is 1. The quantitative estimate of drug-likeness (QED) is 0.774. The van der Waals surface area contributed by atoms with E-state index in [9.17, 15) is 14.7 Å². The summed E-state index contributed by atoms with van der Waals surface area (Å²) in [6, 6.07) is 7.20. The lowest BCUT2D eigenvalue weighted by Gasteiger charge is -2.24. The molecule has 2 N–H and O–H groups in total. The molecule has 1 aliphatic heterocycles. The van der Waals surface area contributed by atoms with Gasteiger partial charge >= 0.3 is 6.03 Å². The summed E-state index contributed by atoms with van der Waals surface area (Å²) < 4.78 is 5.76. The van der Waals surface area contributed by atoms with E-state index in [2.05, 4.69) is 26.1 Å². The number of amides is 3. The minimum atomic E-state index is -0.957. The first-order chi connectivity index (χ1) is 11.6. The number of nitrogens with zero attached hydrogens (tertiary/aromatic N) is 1. The normalized spacial score (nSPS) is 22.1. The van der Waals surface area contributed by atoms with Crippen molar-refractivity contribution in [2.75, 3.05) is 13.2 Å². The molecule has 138 valence electrons. The van der Waals surface area contributed by atoms with Crippen molar-refractivity contribution in [3.8, 4) is 5.75 Å². The van der Waals surface area contributed by atoms with E-state index in [-0.39, 0.29) is 24.5 Å². The highest BCUT2D eigenvalue weighted by Gasteiger charge is 2.46. The molecule has 0 spiro atoms. The van der Waals surface area contributed by atoms with Gasteiger partial charge in [0.05, 0.1) is 6.54 Å². The lowest BCUT2D eigenvalue weighted by molar-refractivity contribution is -0.132. The van der Waals surface area contributed by atoms with Crippen molar-refractivity contribution in [1.82, 2.24) is 10.2 Å². The highest BCUT2D eigenvalue weighted by molar-refractivity contribution is 6.06. The molecule has 1 aliphatic rings. The van der Waals surface area contributed by atoms with Crippen molar-refractivity contribution in [1.29, 1.82) is 0 Å². The van der Waals surface area contributed by atoms with Crippen molar-refractivity contribution in [3.05, 3.63) is 29.8 Å². The smallest absolute Gasteiger partial charge is 0.325 e. The molecule has 1 fully saturated rings. The fourth-order valence-electron chi connectivity index (χ4n) is 2.81. The molecule has 2 rings (SSSR count). The monoisotopic (exact) mass is 348 g/mol. The van der Waals surface area contributed by atoms with E-state index < -0.39 is 17.7 Å². The first-order valence-corrected chi connectivity index (χ1v) is 8.63. The first kappa shape index (κ1) is 19.2. The largest absolute Gasteiger partial charge is 0.491 e. The Hall–Kier alpha value is -2.08. The van der Waals surface area contributed by atoms with Crippen molar-refractivity contribution >= 4 is 11.9 Å². The SMILES string of the molecule is CC[C@]1(C)NC(=O)N(C[C@H](O)COc2ccccc2C(C)(C)C)C1=O. The zero-order valence-corrected chi connectivity index (χ0v) is 15.6. The van der Waals surface area contributed by atoms with Gasteiger partial charge in [-0.15, -0.1) is 0 Å². The van der Waals surface area contributed by atoms with Crippen LogP contribution in [0.1, 0.15) is 46.6 Å². The predicted molar refractivity (Wildman–Crippen MR) is 95.6 cm³/mol. The maximum absolute atomic E-state index is 12.4. The van der Waals surface area contributed by atoms with Gasteiger partial charge in [-0.25, -0.2) is 4.79 Å². The summed E-state index contributed by atoms with van der Waals surface area (Å²) in [5.74, 6) is 0.388. The third-order valence-electron chi connectivity index (χ3n) is 4.57. The van der Waals surface area contributed by atoms with Crippen LogP contribution >= 0.6 is 0 Å². The van der Waals surface area contributed by atoms with Crippen molar-refractivity contribution in [3.63, 3.8) is 0 Å². The lowest BCUT2D eigenvalue weighted by Crippen LogP contribution is -2.44. The molecule has 0 aliphatic carbocycles. The van der Waals surface area contributed by atoms with Gasteiger partial charge in [-0.3, -0.25) is 9.69 Å². The van der Waals surface area contributed by atoms with E-state index in [1.165, 1.54) is 0 Å². The van der Waals surface area contributed by atoms with Crippen LogP contribution in [0.25, 0.3) is 0 Å². The molecule has 2 atom stereocenters. The van der Waals surface area contributed by atoms with Crippen LogP contribution in [-0.4, -0.2) is 46.7 Å². The molecule has 1 aromatic rings. The Morgan fingerprint density at radius 2 is 1.92 bits per heavy atom. The van der Waals surface area contributed by atoms with Crippen molar-refractivity contribution < 1.29 is 19.4 Å². The van der Waals surface area contributed by atoms with E-state index in [0.717, 1.165) is 10.5 Å². The van der Waals surface area contributed by atoms with Gasteiger partial charge in [0.25, 0.3) is 5.91 Å². The molecular weight excluding hydrogens is 320 g/mol. The van der Waals surface area contributed by atoms with Gasteiger partial charge in [0.1, 0.15) is 24.0 Å². The molecule has 0 radical (unpaired) electrons. The first-order valence-electron chi connectivity index (χ1n) is 8.63. The van der Waals surface area contributed by atoms with Crippen LogP contribution in [0.15, 0.2) is 24.3 Å². The molecule has 3 amide bonds. The molecule has 0 bridgehead atoms. The average molecular weight is 348 g/mol. The van der Waals surface area contributed by atoms with Crippen LogP contribution in [0.4, 0.5) is 4.79 Å². The fourth-order valence-corrected chi connectivity index (χ4v) is 2.81. The number of urea groups is 1. The predicted octanol–water partition coefficient (Wildman–Crippen LogP) is 2.44. The second-order valence-electron chi connectivity index (χ2n) is 7.74. The number of aliphatic hydroxyl groups excluding tert-OH is 1. The lowest BCUT2D eigenvalue weighted by atomic mass is 9.86. The number of hydrogen-bond acceptors (Lipinski definition) is 4. The van der Waals surface area contributed by atoms with E-state index in [4.69, 9.17) is 4.74 Å². The molecule has 6 nitrogen and oxygen atoms in total. The van der Waals surface area contributed by atoms with E-state index in [0.29, 0.717) is 12.2 Å². The number of para-hydroxylation sites is 1. The summed E-state index contributed by atoms with van der Waals surface area (Å²) in [6.45, 7) is 9.71. The van der Waals surface area contributed by atoms with Gasteiger partial charge in [-0.2, -0.15) is 0 Å². The van der Waals surface area contributed by atoms with Crippen LogP contribution in [0, 0.1) is 0 Å². The van der Waals surface area contributed by atoms with Crippen LogP contribution < -0.4 is 10.1 Å². The van der Waals surface area contributed by atoms with Crippen molar-refractivity contribution in [2.24, 2.45) is 0 Å². The van der Waals surface area contributed by atoms with Gasteiger partial charge in [0, 0.05) is 0 Å². The van der Waals surface area contributed by atoms with Gasteiger partial charge in [0.2, 0.25) is 0 Å². The average Bonchev–Trinajstić information content (AvgIpc) is 2.76. The maximum Gasteiger partial charge on any atom is 0.325 e. The number of carbonyl (C=O) groups excluding carboxylic acids is 2. The molecule has 25 heavy (non-hydrogen) atoms. The Balaban J connectivity index is 2.00. The highest BCUT2D eigenvalue weighted by atomic mass is 16.5. The zero-order chi connectivity index (χ0) is 18.8. The Morgan fingerprint density at radius 3 is 2.48 bits per heavy atom. The molecule has 0 saturated carbocycles. The number of aliphatic hydroxyl groups is 1. The number of carbonyl (C=O) groups is 2. The Morgan fingerprint density at radius 1 is 1.28 bits per heavy atom. The topological polar surface area (TPSA) is 78.9 Å². The number of ether oxygens (including phenoxy) is 1. The van der Waals surface area contributed by atoms with E-state index in [1.807, 2.05) is 31.2 Å². The number of β-amino-alcohol motifs (C(OH)–C–C–N with tert-alkyl or cyclic N) is 1. The molecule has 6 heteroatoms. The fraction of sp³-hybridized carbons (Fsp3) is 0.579. The highest BCUT2D eigenvalue weighted by Crippen LogP contribution is 2.31. The molecule has 1 heterocycles. The number of imide groups is 1. The number of hydrogen-bond donors (Lipinski definition) is 2. The number of nitrogens with one attached hydrogen (secondary N) is 1. The minimum absolute atomic E-state index is 0.00694. The standard InChI is InChI=1S/C19H28N2O4/c1-6-19(5)16(23)21(17(24)20-19)11-13(22)12-25-15-10-8-7-9-14(15)18(2,3)4/h7-10,13,22H,6,11-12H2,1-5H3,(H,20,24)/t13-,19-/m0/s1. The summed E-state index contributed by atoms with van der Waals surface area (Å²) in [5.41, 5.74) is 0.0574. The van der Waals surface area contributed by atoms with Gasteiger partial charge in [0.15, 0.2) is 0 Å². The van der Waals surface area contributed by atoms with Gasteiger partial charge in [-0.1, -0.05) is 45.9 Å². The molecule has 0 unspecified atom stereocenters. The van der Waals surface area contributed by atoms with E-state index >= 15 is 0 Å². The Kier molecular flexibility index (Phi) is 5.42. The van der Waals surface area contributed by atoms with Crippen LogP contribution in [0.3, 0.4) is 0 Å². The Labute approximate surface area is 149 Å². The van der Waals surface area contributed by atoms with Crippen LogP contribution in [0.5, 0.6) is 5.75 Å². The second kappa shape index (κ2) is 7.04. The Bertz CT molecular complexity index is 653. The second-order valence-corrected chi connectivity index (χ2v) is 7.74. The zero-order valence-electron chi connectivity index (χ0n) is 15.6. The summed E-state index contributed by atoms with van der Waals surface area (Å²) in [6.07, 6.45) is -0.457. The summed E-state index contributed by atoms with van der Waals surface area (Å²) in [7, 11) is 0. The van der Waals surface area contributed by atoms with E-state index in [1.54, 1.807) is 6.92 Å². The molecule has 1 aromatic carbocycles. The summed E-state index contributed by atoms with van der Waals surface area (Å²) in [5, 5.41) is 12.9. The molecule has 0 aromatic heterocycles.